The second-order valence-electron chi connectivity index (χ2n) is 11.8. The predicted octanol–water partition coefficient (Wildman–Crippen LogP) is 4.06. The smallest absolute Gasteiger partial charge is 0.225 e. The van der Waals surface area contributed by atoms with Crippen molar-refractivity contribution >= 4 is 16.8 Å². The summed E-state index contributed by atoms with van der Waals surface area (Å²) >= 11 is 0. The quantitative estimate of drug-likeness (QED) is 0.652. The Morgan fingerprint density at radius 1 is 1.26 bits per heavy atom. The van der Waals surface area contributed by atoms with E-state index >= 15 is 0 Å². The lowest BCUT2D eigenvalue weighted by atomic mass is 9.59. The molecule has 1 N–H and O–H groups in total. The van der Waals surface area contributed by atoms with Crippen LogP contribution in [-0.4, -0.2) is 47.1 Å². The normalized spacial score (nSPS) is 43.3. The molecule has 0 amide bonds. The van der Waals surface area contributed by atoms with Gasteiger partial charge >= 0.3 is 0 Å². The van der Waals surface area contributed by atoms with E-state index in [1.165, 1.54) is 0 Å². The van der Waals surface area contributed by atoms with Gasteiger partial charge in [-0.25, -0.2) is 4.98 Å². The molecule has 1 unspecified atom stereocenters. The van der Waals surface area contributed by atoms with Gasteiger partial charge in [-0.15, -0.1) is 0 Å². The molecule has 3 heterocycles. The molecule has 2 aromatic heterocycles. The van der Waals surface area contributed by atoms with Crippen LogP contribution in [0.3, 0.4) is 0 Å². The fourth-order valence-electron chi connectivity index (χ4n) is 8.14. The first-order valence-electron chi connectivity index (χ1n) is 12.6. The number of pyridine rings is 1. The van der Waals surface area contributed by atoms with Crippen molar-refractivity contribution in [2.75, 3.05) is 13.4 Å². The molecule has 1 aliphatic heterocycles. The molecule has 2 bridgehead atoms. The van der Waals surface area contributed by atoms with Crippen LogP contribution in [0.1, 0.15) is 34.1 Å². The second kappa shape index (κ2) is 6.84. The zero-order valence-electron chi connectivity index (χ0n) is 20.5. The Morgan fingerprint density at radius 2 is 2.09 bits per heavy atom. The van der Waals surface area contributed by atoms with Crippen molar-refractivity contribution in [2.24, 2.45) is 34.5 Å². The molecule has 35 heavy (non-hydrogen) atoms. The fourth-order valence-corrected chi connectivity index (χ4v) is 8.14. The molecule has 4 aliphatic carbocycles. The molecule has 0 radical (unpaired) electrons. The maximum Gasteiger partial charge on any atom is 0.225 e. The summed E-state index contributed by atoms with van der Waals surface area (Å²) in [5, 5.41) is 13.7. The summed E-state index contributed by atoms with van der Waals surface area (Å²) in [5.41, 5.74) is -0.357. The molecule has 184 valence electrons. The molecule has 2 aromatic rings. The van der Waals surface area contributed by atoms with E-state index < -0.39 is 23.2 Å². The minimum absolute atomic E-state index is 0.0620. The lowest BCUT2D eigenvalue weighted by molar-refractivity contribution is -0.227. The zero-order chi connectivity index (χ0) is 24.3. The molecule has 7 nitrogen and oxygen atoms in total. The highest BCUT2D eigenvalue weighted by Crippen LogP contribution is 2.72. The number of carbonyl (C=O) groups excluding carboxylic acids is 1. The number of nitrogens with zero attached hydrogens (tertiary/aromatic N) is 1. The largest absolute Gasteiger partial charge is 0.466 e. The van der Waals surface area contributed by atoms with E-state index in [-0.39, 0.29) is 35.7 Å². The SMILES string of the molecule is CC1=CC23C(=O)[C@@H](C=C4COCO[C@H]4[C@]2(O)[C@H]1Oc1nccc2occc12)[C@H]1[C@@H](C[C@H]3C)C1(C)C. The summed E-state index contributed by atoms with van der Waals surface area (Å²) < 4.78 is 23.9. The van der Waals surface area contributed by atoms with E-state index in [9.17, 15) is 9.90 Å². The van der Waals surface area contributed by atoms with Crippen molar-refractivity contribution in [3.8, 4) is 5.88 Å². The van der Waals surface area contributed by atoms with Crippen LogP contribution >= 0.6 is 0 Å². The molecule has 5 aliphatic rings. The third-order valence-corrected chi connectivity index (χ3v) is 9.84. The van der Waals surface area contributed by atoms with Crippen LogP contribution in [-0.2, 0) is 14.3 Å². The first-order valence-corrected chi connectivity index (χ1v) is 12.6. The molecule has 2 saturated carbocycles. The molecule has 7 heteroatoms. The maximum atomic E-state index is 14.6. The average Bonchev–Trinajstić information content (AvgIpc) is 3.13. The van der Waals surface area contributed by atoms with Crippen molar-refractivity contribution in [2.45, 2.75) is 51.9 Å². The number of Topliss-reactive ketones (excluding diaryl/α,β-unsaturated/α-hetero) is 1. The number of ether oxygens (including phenoxy) is 3. The Kier molecular flexibility index (Phi) is 4.25. The van der Waals surface area contributed by atoms with Crippen LogP contribution in [0.2, 0.25) is 0 Å². The molecule has 0 aromatic carbocycles. The van der Waals surface area contributed by atoms with E-state index in [0.717, 1.165) is 23.0 Å². The second-order valence-corrected chi connectivity index (χ2v) is 11.8. The van der Waals surface area contributed by atoms with Gasteiger partial charge in [0.05, 0.1) is 23.7 Å². The zero-order valence-corrected chi connectivity index (χ0v) is 20.5. The highest BCUT2D eigenvalue weighted by Gasteiger charge is 2.77. The van der Waals surface area contributed by atoms with Crippen molar-refractivity contribution in [1.82, 2.24) is 4.98 Å². The highest BCUT2D eigenvalue weighted by molar-refractivity contribution is 5.95. The van der Waals surface area contributed by atoms with Gasteiger partial charge in [-0.2, -0.15) is 0 Å². The van der Waals surface area contributed by atoms with Crippen LogP contribution < -0.4 is 4.74 Å². The van der Waals surface area contributed by atoms with E-state index in [1.54, 1.807) is 24.6 Å². The summed E-state index contributed by atoms with van der Waals surface area (Å²) in [6, 6.07) is 3.58. The summed E-state index contributed by atoms with van der Waals surface area (Å²) in [5.74, 6) is 0.773. The Labute approximate surface area is 204 Å². The summed E-state index contributed by atoms with van der Waals surface area (Å²) in [4.78, 5) is 19.1. The predicted molar refractivity (Wildman–Crippen MR) is 126 cm³/mol. The number of furan rings is 1. The summed E-state index contributed by atoms with van der Waals surface area (Å²) in [6.45, 7) is 8.98. The molecule has 1 saturated heterocycles. The van der Waals surface area contributed by atoms with Crippen LogP contribution in [0.4, 0.5) is 0 Å². The van der Waals surface area contributed by atoms with E-state index in [4.69, 9.17) is 18.6 Å². The summed E-state index contributed by atoms with van der Waals surface area (Å²) in [7, 11) is 0. The third-order valence-electron chi connectivity index (χ3n) is 9.84. The third kappa shape index (κ3) is 2.51. The molecular formula is C28H31NO6. The van der Waals surface area contributed by atoms with Crippen molar-refractivity contribution < 1.29 is 28.5 Å². The van der Waals surface area contributed by atoms with E-state index in [0.29, 0.717) is 24.0 Å². The number of hydrogen-bond donors (Lipinski definition) is 1. The van der Waals surface area contributed by atoms with Crippen LogP contribution in [0.5, 0.6) is 5.88 Å². The standard InChI is InChI=1S/C28H31NO6/c1-14-11-27-15(2)9-19-21(26(19,3)4)18(22(27)30)10-16-12-32-13-34-24(16)28(27,31)23(14)35-25-17-6-8-33-20(17)5-7-29-25/h5-8,10-11,15,18-19,21,23-24,31H,9,12-13H2,1-4H3/t15-,18+,19-,21+,23+,24-,27?,28-/m1/s1. The van der Waals surface area contributed by atoms with E-state index in [1.807, 2.05) is 13.0 Å². The number of fused-ring (bicyclic) bond motifs is 6. The number of carbonyl (C=O) groups is 1. The molecule has 3 fully saturated rings. The van der Waals surface area contributed by atoms with Gasteiger partial charge in [0, 0.05) is 12.1 Å². The summed E-state index contributed by atoms with van der Waals surface area (Å²) in [6.07, 6.45) is 6.63. The highest BCUT2D eigenvalue weighted by atomic mass is 16.7. The van der Waals surface area contributed by atoms with Crippen molar-refractivity contribution in [1.29, 1.82) is 0 Å². The average molecular weight is 478 g/mol. The van der Waals surface area contributed by atoms with Gasteiger partial charge in [-0.05, 0) is 59.8 Å². The lowest BCUT2D eigenvalue weighted by Gasteiger charge is -2.50. The number of allylic oxidation sites excluding steroid dienone is 1. The van der Waals surface area contributed by atoms with E-state index in [2.05, 4.69) is 31.8 Å². The lowest BCUT2D eigenvalue weighted by Crippen LogP contribution is -2.67. The topological polar surface area (TPSA) is 91.0 Å². The van der Waals surface area contributed by atoms with Gasteiger partial charge in [-0.3, -0.25) is 4.79 Å². The minimum Gasteiger partial charge on any atom is -0.466 e. The number of aromatic nitrogens is 1. The van der Waals surface area contributed by atoms with Crippen LogP contribution in [0.15, 0.2) is 52.3 Å². The number of ketones is 1. The van der Waals surface area contributed by atoms with Gasteiger partial charge in [0.25, 0.3) is 0 Å². The van der Waals surface area contributed by atoms with Crippen LogP contribution in [0.25, 0.3) is 11.0 Å². The fraction of sp³-hybridized carbons (Fsp3) is 0.571. The Bertz CT molecular complexity index is 1310. The minimum atomic E-state index is -1.63. The Hall–Kier alpha value is -2.48. The number of aliphatic hydroxyl groups is 1. The van der Waals surface area contributed by atoms with Gasteiger partial charge in [0.1, 0.15) is 18.5 Å². The number of hydrogen-bond acceptors (Lipinski definition) is 7. The Balaban J connectivity index is 1.42. The van der Waals surface area contributed by atoms with Gasteiger partial charge < -0.3 is 23.7 Å². The van der Waals surface area contributed by atoms with Gasteiger partial charge in [0.15, 0.2) is 17.5 Å². The van der Waals surface area contributed by atoms with Crippen molar-refractivity contribution in [3.63, 3.8) is 0 Å². The Morgan fingerprint density at radius 3 is 2.91 bits per heavy atom. The molecule has 1 spiro atoms. The van der Waals surface area contributed by atoms with Gasteiger partial charge in [0.2, 0.25) is 5.88 Å². The van der Waals surface area contributed by atoms with Gasteiger partial charge in [-0.1, -0.05) is 32.9 Å². The van der Waals surface area contributed by atoms with Crippen molar-refractivity contribution in [3.05, 3.63) is 47.9 Å². The molecule has 8 atom stereocenters. The first kappa shape index (κ1) is 21.8. The number of rotatable bonds is 2. The first-order chi connectivity index (χ1) is 16.7. The monoisotopic (exact) mass is 477 g/mol. The maximum absolute atomic E-state index is 14.6. The van der Waals surface area contributed by atoms with Crippen LogP contribution in [0, 0.1) is 34.5 Å². The molecule has 7 rings (SSSR count). The molecular weight excluding hydrogens is 446 g/mol.